The Morgan fingerprint density at radius 3 is 2.72 bits per heavy atom. The van der Waals surface area contributed by atoms with Crippen LogP contribution in [0, 0.1) is 5.41 Å². The van der Waals surface area contributed by atoms with E-state index >= 15 is 0 Å². The van der Waals surface area contributed by atoms with Crippen molar-refractivity contribution in [3.8, 4) is 0 Å². The number of nitrogens with zero attached hydrogens (tertiary/aromatic N) is 1. The zero-order valence-corrected chi connectivity index (χ0v) is 12.6. The first kappa shape index (κ1) is 15.9. The maximum Gasteiger partial charge on any atom is 0.0702 e. The van der Waals surface area contributed by atoms with Gasteiger partial charge in [0.2, 0.25) is 0 Å². The van der Waals surface area contributed by atoms with Crippen LogP contribution >= 0.6 is 0 Å². The summed E-state index contributed by atoms with van der Waals surface area (Å²) < 4.78 is 5.83. The lowest BCUT2D eigenvalue weighted by Crippen LogP contribution is -2.42. The normalized spacial score (nSPS) is 24.2. The summed E-state index contributed by atoms with van der Waals surface area (Å²) in [6.45, 7) is 12.5. The fourth-order valence-electron chi connectivity index (χ4n) is 2.37. The van der Waals surface area contributed by atoms with Gasteiger partial charge in [-0.05, 0) is 37.6 Å². The highest BCUT2D eigenvalue weighted by atomic mass is 16.5. The molecule has 1 saturated heterocycles. The van der Waals surface area contributed by atoms with Crippen molar-refractivity contribution in [2.45, 2.75) is 65.6 Å². The topological polar surface area (TPSA) is 32.7 Å². The Morgan fingerprint density at radius 1 is 1.39 bits per heavy atom. The molecule has 0 bridgehead atoms. The molecule has 0 spiro atoms. The van der Waals surface area contributed by atoms with E-state index in [-0.39, 0.29) is 11.5 Å². The molecule has 3 nitrogen and oxygen atoms in total. The van der Waals surface area contributed by atoms with E-state index < -0.39 is 0 Å². The first-order valence-electron chi connectivity index (χ1n) is 7.45. The van der Waals surface area contributed by atoms with Crippen LogP contribution in [0.5, 0.6) is 0 Å². The predicted octanol–water partition coefficient (Wildman–Crippen LogP) is 2.67. The number of piperidine rings is 1. The number of hydrogen-bond donors (Lipinski definition) is 1. The van der Waals surface area contributed by atoms with Gasteiger partial charge in [-0.1, -0.05) is 27.7 Å². The Kier molecular flexibility index (Phi) is 6.61. The van der Waals surface area contributed by atoms with Crippen LogP contribution in [0.1, 0.15) is 53.4 Å². The van der Waals surface area contributed by atoms with Gasteiger partial charge >= 0.3 is 0 Å². The van der Waals surface area contributed by atoms with E-state index in [2.05, 4.69) is 32.6 Å². The van der Waals surface area contributed by atoms with Crippen LogP contribution in [0.3, 0.4) is 0 Å². The molecule has 0 aromatic rings. The molecule has 0 saturated carbocycles. The molecular weight excluding hydrogens is 226 g/mol. The number of rotatable bonds is 6. The van der Waals surface area contributed by atoms with Gasteiger partial charge in [-0.25, -0.2) is 0 Å². The number of hydrogen-bond acceptors (Lipinski definition) is 3. The van der Waals surface area contributed by atoms with Crippen LogP contribution in [0.2, 0.25) is 0 Å². The first-order chi connectivity index (χ1) is 8.43. The number of aliphatic hydroxyl groups is 1. The smallest absolute Gasteiger partial charge is 0.0702 e. The van der Waals surface area contributed by atoms with Crippen LogP contribution in [0.15, 0.2) is 0 Å². The molecule has 3 heteroatoms. The van der Waals surface area contributed by atoms with Crippen molar-refractivity contribution in [2.24, 2.45) is 5.41 Å². The maximum atomic E-state index is 10.1. The molecule has 0 aromatic carbocycles. The highest BCUT2D eigenvalue weighted by Gasteiger charge is 2.25. The predicted molar refractivity (Wildman–Crippen MR) is 75.8 cm³/mol. The van der Waals surface area contributed by atoms with E-state index in [1.165, 1.54) is 12.8 Å². The van der Waals surface area contributed by atoms with E-state index in [1.54, 1.807) is 0 Å². The summed E-state index contributed by atoms with van der Waals surface area (Å²) in [5.41, 5.74) is -0.00605. The number of aliphatic hydroxyl groups excluding tert-OH is 1. The molecule has 2 atom stereocenters. The summed E-state index contributed by atoms with van der Waals surface area (Å²) in [6.07, 6.45) is 4.57. The lowest BCUT2D eigenvalue weighted by molar-refractivity contribution is -0.00952. The van der Waals surface area contributed by atoms with Gasteiger partial charge in [0.15, 0.2) is 0 Å². The Labute approximate surface area is 113 Å². The Balaban J connectivity index is 2.25. The molecule has 0 radical (unpaired) electrons. The molecule has 1 fully saturated rings. The van der Waals surface area contributed by atoms with Gasteiger partial charge in [-0.3, -0.25) is 0 Å². The van der Waals surface area contributed by atoms with Gasteiger partial charge in [-0.2, -0.15) is 0 Å². The summed E-state index contributed by atoms with van der Waals surface area (Å²) in [4.78, 5) is 2.44. The fourth-order valence-corrected chi connectivity index (χ4v) is 2.37. The van der Waals surface area contributed by atoms with Crippen molar-refractivity contribution >= 4 is 0 Å². The summed E-state index contributed by atoms with van der Waals surface area (Å²) in [7, 11) is 0. The first-order valence-corrected chi connectivity index (χ1v) is 7.45. The minimum absolute atomic E-state index is 0.00605. The van der Waals surface area contributed by atoms with Crippen LogP contribution in [-0.4, -0.2) is 48.5 Å². The lowest BCUT2D eigenvalue weighted by Gasteiger charge is -2.34. The molecule has 0 aromatic heterocycles. The maximum absolute atomic E-state index is 10.1. The van der Waals surface area contributed by atoms with Crippen LogP contribution in [-0.2, 0) is 4.74 Å². The summed E-state index contributed by atoms with van der Waals surface area (Å²) in [6, 6.07) is 0. The SMILES string of the molecule is CCCOC1CCCN(CCC(O)C(C)(C)C)C1. The zero-order chi connectivity index (χ0) is 13.6. The second-order valence-electron chi connectivity index (χ2n) is 6.61. The van der Waals surface area contributed by atoms with Crippen molar-refractivity contribution < 1.29 is 9.84 Å². The Bertz CT molecular complexity index is 225. The third-order valence-corrected chi connectivity index (χ3v) is 3.74. The third-order valence-electron chi connectivity index (χ3n) is 3.74. The largest absolute Gasteiger partial charge is 0.393 e. The molecule has 1 N–H and O–H groups in total. The van der Waals surface area contributed by atoms with Gasteiger partial charge in [0.1, 0.15) is 0 Å². The zero-order valence-electron chi connectivity index (χ0n) is 12.6. The van der Waals surface area contributed by atoms with Crippen LogP contribution in [0.25, 0.3) is 0 Å². The second-order valence-corrected chi connectivity index (χ2v) is 6.61. The molecule has 1 rings (SSSR count). The molecule has 1 aliphatic rings. The molecule has 0 amide bonds. The van der Waals surface area contributed by atoms with Crippen molar-refractivity contribution in [1.29, 1.82) is 0 Å². The standard InChI is InChI=1S/C15H31NO2/c1-5-11-18-13-7-6-9-16(12-13)10-8-14(17)15(2,3)4/h13-14,17H,5-12H2,1-4H3. The van der Waals surface area contributed by atoms with Crippen LogP contribution in [0.4, 0.5) is 0 Å². The van der Waals surface area contributed by atoms with E-state index in [1.807, 2.05) is 0 Å². The average Bonchev–Trinajstić information content (AvgIpc) is 2.32. The van der Waals surface area contributed by atoms with Gasteiger partial charge < -0.3 is 14.7 Å². The molecule has 108 valence electrons. The van der Waals surface area contributed by atoms with Crippen molar-refractivity contribution in [2.75, 3.05) is 26.2 Å². The molecule has 1 heterocycles. The minimum atomic E-state index is -0.213. The van der Waals surface area contributed by atoms with Gasteiger partial charge in [0.25, 0.3) is 0 Å². The van der Waals surface area contributed by atoms with E-state index in [9.17, 15) is 5.11 Å². The second kappa shape index (κ2) is 7.46. The van der Waals surface area contributed by atoms with Crippen LogP contribution < -0.4 is 0 Å². The van der Waals surface area contributed by atoms with E-state index in [0.29, 0.717) is 6.10 Å². The highest BCUT2D eigenvalue weighted by Crippen LogP contribution is 2.22. The van der Waals surface area contributed by atoms with Gasteiger partial charge in [0, 0.05) is 19.7 Å². The lowest BCUT2D eigenvalue weighted by atomic mass is 9.87. The molecule has 18 heavy (non-hydrogen) atoms. The minimum Gasteiger partial charge on any atom is -0.393 e. The van der Waals surface area contributed by atoms with Gasteiger partial charge in [-0.15, -0.1) is 0 Å². The van der Waals surface area contributed by atoms with Gasteiger partial charge in [0.05, 0.1) is 12.2 Å². The molecular formula is C15H31NO2. The molecule has 0 aliphatic carbocycles. The van der Waals surface area contributed by atoms with E-state index in [0.717, 1.165) is 39.1 Å². The fraction of sp³-hybridized carbons (Fsp3) is 1.00. The monoisotopic (exact) mass is 257 g/mol. The molecule has 1 aliphatic heterocycles. The summed E-state index contributed by atoms with van der Waals surface area (Å²) >= 11 is 0. The number of likely N-dealkylation sites (tertiary alicyclic amines) is 1. The number of ether oxygens (including phenoxy) is 1. The molecule has 2 unspecified atom stereocenters. The highest BCUT2D eigenvalue weighted by molar-refractivity contribution is 4.77. The summed E-state index contributed by atoms with van der Waals surface area (Å²) in [5.74, 6) is 0. The van der Waals surface area contributed by atoms with E-state index in [4.69, 9.17) is 4.74 Å². The Morgan fingerprint density at radius 2 is 2.11 bits per heavy atom. The quantitative estimate of drug-likeness (QED) is 0.794. The third kappa shape index (κ3) is 5.68. The van der Waals surface area contributed by atoms with Crippen molar-refractivity contribution in [3.63, 3.8) is 0 Å². The van der Waals surface area contributed by atoms with Crippen molar-refractivity contribution in [1.82, 2.24) is 4.90 Å². The summed E-state index contributed by atoms with van der Waals surface area (Å²) in [5, 5.41) is 10.1. The average molecular weight is 257 g/mol. The Hall–Kier alpha value is -0.120. The van der Waals surface area contributed by atoms with Crippen molar-refractivity contribution in [3.05, 3.63) is 0 Å².